The molecule has 2 aromatic heterocycles. The van der Waals surface area contributed by atoms with Gasteiger partial charge in [-0.05, 0) is 37.8 Å². The molecule has 3 unspecified atom stereocenters. The molecular weight excluding hydrogens is 356 g/mol. The average molecular weight is 382 g/mol. The van der Waals surface area contributed by atoms with Gasteiger partial charge in [0, 0.05) is 56.1 Å². The quantitative estimate of drug-likeness (QED) is 0.877. The van der Waals surface area contributed by atoms with Crippen LogP contribution in [0.3, 0.4) is 0 Å². The molecule has 1 aliphatic heterocycles. The van der Waals surface area contributed by atoms with Crippen molar-refractivity contribution in [1.82, 2.24) is 19.9 Å². The largest absolute Gasteiger partial charge is 0.381 e. The lowest BCUT2D eigenvalue weighted by Crippen LogP contribution is -2.38. The number of hydrogen-bond acceptors (Lipinski definition) is 5. The van der Waals surface area contributed by atoms with Crippen LogP contribution in [0.2, 0.25) is 0 Å². The maximum absolute atomic E-state index is 13.0. The van der Waals surface area contributed by atoms with Crippen molar-refractivity contribution in [3.63, 3.8) is 0 Å². The Morgan fingerprint density at radius 3 is 3.00 bits per heavy atom. The smallest absolute Gasteiger partial charge is 0.251 e. The van der Waals surface area contributed by atoms with Crippen LogP contribution in [0, 0.1) is 5.92 Å². The third kappa shape index (κ3) is 3.99. The first-order valence-electron chi connectivity index (χ1n) is 9.97. The molecule has 7 heteroatoms. The predicted octanol–water partition coefficient (Wildman–Crippen LogP) is 2.35. The standard InChI is InChI=1S/C21H26N4O3/c1-28-17-6-2-4-14(10-17)21(27)25-9-7-16(13-25)20-23-18(11-19(26)24-20)15-5-3-8-22-12-15/h3,5,8,11-12,14,16-17H,2,4,6-7,9-10,13H2,1H3,(H,23,24,26). The van der Waals surface area contributed by atoms with Gasteiger partial charge in [-0.2, -0.15) is 0 Å². The highest BCUT2D eigenvalue weighted by Gasteiger charge is 2.35. The van der Waals surface area contributed by atoms with Crippen LogP contribution >= 0.6 is 0 Å². The minimum atomic E-state index is -0.177. The zero-order valence-electron chi connectivity index (χ0n) is 16.1. The Hall–Kier alpha value is -2.54. The molecule has 1 N–H and O–H groups in total. The van der Waals surface area contributed by atoms with Crippen LogP contribution < -0.4 is 5.56 Å². The molecule has 7 nitrogen and oxygen atoms in total. The molecule has 0 radical (unpaired) electrons. The van der Waals surface area contributed by atoms with Crippen molar-refractivity contribution in [3.8, 4) is 11.3 Å². The fraction of sp³-hybridized carbons (Fsp3) is 0.524. The number of carbonyl (C=O) groups excluding carboxylic acids is 1. The Kier molecular flexibility index (Phi) is 5.52. The molecule has 3 atom stereocenters. The van der Waals surface area contributed by atoms with E-state index in [0.717, 1.165) is 37.7 Å². The van der Waals surface area contributed by atoms with Gasteiger partial charge < -0.3 is 14.6 Å². The van der Waals surface area contributed by atoms with E-state index in [4.69, 9.17) is 4.74 Å². The maximum atomic E-state index is 13.0. The van der Waals surface area contributed by atoms with E-state index in [-0.39, 0.29) is 29.4 Å². The molecule has 1 aliphatic carbocycles. The summed E-state index contributed by atoms with van der Waals surface area (Å²) >= 11 is 0. The SMILES string of the molecule is COC1CCCC(C(=O)N2CCC(c3nc(-c4cccnc4)cc(=O)[nH]3)C2)C1. The number of amides is 1. The van der Waals surface area contributed by atoms with Gasteiger partial charge in [-0.15, -0.1) is 0 Å². The summed E-state index contributed by atoms with van der Waals surface area (Å²) in [5, 5.41) is 0. The molecule has 2 aliphatic rings. The minimum Gasteiger partial charge on any atom is -0.381 e. The zero-order chi connectivity index (χ0) is 19.5. The molecule has 2 aromatic rings. The van der Waals surface area contributed by atoms with Gasteiger partial charge in [0.25, 0.3) is 5.56 Å². The summed E-state index contributed by atoms with van der Waals surface area (Å²) < 4.78 is 5.47. The summed E-state index contributed by atoms with van der Waals surface area (Å²) in [4.78, 5) is 38.7. The first-order chi connectivity index (χ1) is 13.6. The Balaban J connectivity index is 1.48. The fourth-order valence-corrected chi connectivity index (χ4v) is 4.36. The second-order valence-electron chi connectivity index (χ2n) is 7.75. The Labute approximate surface area is 164 Å². The van der Waals surface area contributed by atoms with Crippen molar-refractivity contribution in [2.45, 2.75) is 44.1 Å². The number of H-pyrrole nitrogens is 1. The highest BCUT2D eigenvalue weighted by atomic mass is 16.5. The molecule has 3 heterocycles. The van der Waals surface area contributed by atoms with Gasteiger partial charge in [0.2, 0.25) is 5.91 Å². The highest BCUT2D eigenvalue weighted by Crippen LogP contribution is 2.31. The van der Waals surface area contributed by atoms with Crippen molar-refractivity contribution in [3.05, 3.63) is 46.8 Å². The number of rotatable bonds is 4. The monoisotopic (exact) mass is 382 g/mol. The minimum absolute atomic E-state index is 0.0474. The van der Waals surface area contributed by atoms with Crippen molar-refractivity contribution in [2.24, 2.45) is 5.92 Å². The number of nitrogens with zero attached hydrogens (tertiary/aromatic N) is 3. The highest BCUT2D eigenvalue weighted by molar-refractivity contribution is 5.79. The number of likely N-dealkylation sites (tertiary alicyclic amines) is 1. The van der Waals surface area contributed by atoms with E-state index in [9.17, 15) is 9.59 Å². The number of nitrogens with one attached hydrogen (secondary N) is 1. The van der Waals surface area contributed by atoms with Gasteiger partial charge in [0.1, 0.15) is 5.82 Å². The lowest BCUT2D eigenvalue weighted by Gasteiger charge is -2.30. The Bertz CT molecular complexity index is 883. The van der Waals surface area contributed by atoms with Crippen molar-refractivity contribution in [1.29, 1.82) is 0 Å². The summed E-state index contributed by atoms with van der Waals surface area (Å²) in [7, 11) is 1.72. The second kappa shape index (κ2) is 8.22. The topological polar surface area (TPSA) is 88.2 Å². The summed E-state index contributed by atoms with van der Waals surface area (Å²) in [6, 6.07) is 5.20. The average Bonchev–Trinajstić information content (AvgIpc) is 3.24. The van der Waals surface area contributed by atoms with E-state index in [0.29, 0.717) is 24.6 Å². The lowest BCUT2D eigenvalue weighted by molar-refractivity contribution is -0.137. The van der Waals surface area contributed by atoms with E-state index in [1.165, 1.54) is 6.07 Å². The molecule has 1 saturated heterocycles. The summed E-state index contributed by atoms with van der Waals surface area (Å²) in [6.07, 6.45) is 8.21. The molecule has 1 amide bonds. The van der Waals surface area contributed by atoms with Crippen molar-refractivity contribution >= 4 is 5.91 Å². The molecule has 0 spiro atoms. The molecule has 0 aromatic carbocycles. The van der Waals surface area contributed by atoms with Crippen LogP contribution in [0.15, 0.2) is 35.4 Å². The van der Waals surface area contributed by atoms with E-state index >= 15 is 0 Å². The number of ether oxygens (including phenoxy) is 1. The van der Waals surface area contributed by atoms with E-state index < -0.39 is 0 Å². The van der Waals surface area contributed by atoms with Gasteiger partial charge in [-0.25, -0.2) is 4.98 Å². The fourth-order valence-electron chi connectivity index (χ4n) is 4.36. The molecule has 1 saturated carbocycles. The number of carbonyl (C=O) groups is 1. The third-order valence-corrected chi connectivity index (χ3v) is 5.91. The lowest BCUT2D eigenvalue weighted by atomic mass is 9.86. The van der Waals surface area contributed by atoms with Gasteiger partial charge in [0.05, 0.1) is 11.8 Å². The van der Waals surface area contributed by atoms with E-state index in [1.807, 2.05) is 17.0 Å². The summed E-state index contributed by atoms with van der Waals surface area (Å²) in [5.74, 6) is 0.969. The van der Waals surface area contributed by atoms with Crippen molar-refractivity contribution in [2.75, 3.05) is 20.2 Å². The third-order valence-electron chi connectivity index (χ3n) is 5.91. The molecular formula is C21H26N4O3. The molecule has 4 rings (SSSR count). The first kappa shape index (κ1) is 18.8. The zero-order valence-corrected chi connectivity index (χ0v) is 16.1. The van der Waals surface area contributed by atoms with Gasteiger partial charge in [-0.1, -0.05) is 6.42 Å². The van der Waals surface area contributed by atoms with Gasteiger partial charge >= 0.3 is 0 Å². The number of aromatic nitrogens is 3. The summed E-state index contributed by atoms with van der Waals surface area (Å²) in [6.45, 7) is 1.31. The maximum Gasteiger partial charge on any atom is 0.251 e. The molecule has 148 valence electrons. The van der Waals surface area contributed by atoms with Crippen molar-refractivity contribution < 1.29 is 9.53 Å². The van der Waals surface area contributed by atoms with Crippen LogP contribution in [0.25, 0.3) is 11.3 Å². The summed E-state index contributed by atoms with van der Waals surface area (Å²) in [5.41, 5.74) is 1.25. The van der Waals surface area contributed by atoms with Crippen LogP contribution in [-0.4, -0.2) is 52.1 Å². The van der Waals surface area contributed by atoms with Crippen LogP contribution in [0.5, 0.6) is 0 Å². The molecule has 0 bridgehead atoms. The van der Waals surface area contributed by atoms with Gasteiger partial charge in [0.15, 0.2) is 0 Å². The predicted molar refractivity (Wildman–Crippen MR) is 105 cm³/mol. The van der Waals surface area contributed by atoms with Crippen LogP contribution in [0.4, 0.5) is 0 Å². The van der Waals surface area contributed by atoms with E-state index in [1.54, 1.807) is 19.5 Å². The van der Waals surface area contributed by atoms with Gasteiger partial charge in [-0.3, -0.25) is 14.6 Å². The Morgan fingerprint density at radius 1 is 1.32 bits per heavy atom. The number of methoxy groups -OCH3 is 1. The van der Waals surface area contributed by atoms with E-state index in [2.05, 4.69) is 15.0 Å². The number of aromatic amines is 1. The number of hydrogen-bond donors (Lipinski definition) is 1. The normalized spacial score (nSPS) is 25.0. The molecule has 28 heavy (non-hydrogen) atoms. The van der Waals surface area contributed by atoms with Crippen LogP contribution in [-0.2, 0) is 9.53 Å². The first-order valence-corrected chi connectivity index (χ1v) is 9.97. The van der Waals surface area contributed by atoms with Crippen LogP contribution in [0.1, 0.15) is 43.8 Å². The second-order valence-corrected chi connectivity index (χ2v) is 7.75. The molecule has 2 fully saturated rings. The number of pyridine rings is 1. The Morgan fingerprint density at radius 2 is 2.21 bits per heavy atom.